The first-order valence-electron chi connectivity index (χ1n) is 3.25. The normalized spacial score (nSPS) is 9.50. The van der Waals surface area contributed by atoms with Crippen molar-refractivity contribution in [3.05, 3.63) is 23.8 Å². The van der Waals surface area contributed by atoms with Crippen molar-refractivity contribution in [1.29, 1.82) is 0 Å². The number of phenolic OH excluding ortho intramolecular Hbond substituents is 1. The van der Waals surface area contributed by atoms with Crippen LogP contribution in [-0.2, 0) is 0 Å². The van der Waals surface area contributed by atoms with Crippen LogP contribution >= 0.6 is 12.6 Å². The highest BCUT2D eigenvalue weighted by Gasteiger charge is 2.07. The molecule has 0 saturated carbocycles. The number of carbonyl (C=O) groups excluding carboxylic acids is 1. The van der Waals surface area contributed by atoms with Gasteiger partial charge >= 0.3 is 0 Å². The average molecular weight is 184 g/mol. The molecule has 1 rings (SSSR count). The quantitative estimate of drug-likeness (QED) is 0.684. The van der Waals surface area contributed by atoms with Gasteiger partial charge in [0.25, 0.3) is 0 Å². The van der Waals surface area contributed by atoms with E-state index in [2.05, 4.69) is 12.6 Å². The SMILES string of the molecule is COc1ccc(O)c(C(=O)S)c1. The van der Waals surface area contributed by atoms with Crippen LogP contribution in [-0.4, -0.2) is 17.3 Å². The summed E-state index contributed by atoms with van der Waals surface area (Å²) < 4.78 is 4.86. The summed E-state index contributed by atoms with van der Waals surface area (Å²) >= 11 is 3.59. The minimum absolute atomic E-state index is 0.0872. The summed E-state index contributed by atoms with van der Waals surface area (Å²) in [4.78, 5) is 10.8. The summed E-state index contributed by atoms with van der Waals surface area (Å²) in [6.07, 6.45) is 0. The number of hydrogen-bond donors (Lipinski definition) is 2. The second-order valence-corrected chi connectivity index (χ2v) is 2.59. The van der Waals surface area contributed by atoms with E-state index in [9.17, 15) is 9.90 Å². The number of phenols is 1. The van der Waals surface area contributed by atoms with E-state index in [1.807, 2.05) is 0 Å². The van der Waals surface area contributed by atoms with Crippen molar-refractivity contribution in [1.82, 2.24) is 0 Å². The van der Waals surface area contributed by atoms with Gasteiger partial charge in [0.05, 0.1) is 12.7 Å². The van der Waals surface area contributed by atoms with E-state index in [1.54, 1.807) is 6.07 Å². The van der Waals surface area contributed by atoms with Crippen molar-refractivity contribution < 1.29 is 14.6 Å². The minimum atomic E-state index is -0.480. The molecule has 0 atom stereocenters. The lowest BCUT2D eigenvalue weighted by Crippen LogP contribution is -1.91. The molecular weight excluding hydrogens is 176 g/mol. The minimum Gasteiger partial charge on any atom is -0.507 e. The fourth-order valence-corrected chi connectivity index (χ4v) is 0.993. The van der Waals surface area contributed by atoms with Crippen LogP contribution < -0.4 is 4.74 Å². The Morgan fingerprint density at radius 1 is 1.58 bits per heavy atom. The van der Waals surface area contributed by atoms with E-state index in [4.69, 9.17) is 4.74 Å². The number of aromatic hydroxyl groups is 1. The summed E-state index contributed by atoms with van der Waals surface area (Å²) in [6, 6.07) is 4.39. The smallest absolute Gasteiger partial charge is 0.220 e. The molecule has 0 aliphatic carbocycles. The van der Waals surface area contributed by atoms with Gasteiger partial charge in [-0.1, -0.05) is 0 Å². The van der Waals surface area contributed by atoms with E-state index in [-0.39, 0.29) is 11.3 Å². The van der Waals surface area contributed by atoms with Crippen LogP contribution in [0.25, 0.3) is 0 Å². The zero-order valence-electron chi connectivity index (χ0n) is 6.44. The molecule has 0 aliphatic rings. The molecule has 3 nitrogen and oxygen atoms in total. The Balaban J connectivity index is 3.17. The first-order valence-corrected chi connectivity index (χ1v) is 3.70. The maximum Gasteiger partial charge on any atom is 0.220 e. The Morgan fingerprint density at radius 3 is 2.75 bits per heavy atom. The lowest BCUT2D eigenvalue weighted by atomic mass is 10.2. The van der Waals surface area contributed by atoms with Crippen LogP contribution in [0.5, 0.6) is 11.5 Å². The lowest BCUT2D eigenvalue weighted by Gasteiger charge is -2.02. The molecule has 0 aliphatic heterocycles. The predicted octanol–water partition coefficient (Wildman–Crippen LogP) is 1.47. The first-order chi connectivity index (χ1) is 5.65. The molecule has 0 saturated heterocycles. The monoisotopic (exact) mass is 184 g/mol. The standard InChI is InChI=1S/C8H8O3S/c1-11-5-2-3-7(9)6(4-5)8(10)12/h2-4,9H,1H3,(H,10,12). The number of carbonyl (C=O) groups is 1. The third kappa shape index (κ3) is 1.71. The first kappa shape index (κ1) is 8.93. The molecule has 4 heteroatoms. The van der Waals surface area contributed by atoms with Gasteiger partial charge in [-0.25, -0.2) is 0 Å². The topological polar surface area (TPSA) is 46.5 Å². The molecule has 0 unspecified atom stereocenters. The number of hydrogen-bond acceptors (Lipinski definition) is 3. The Hall–Kier alpha value is -1.16. The summed E-state index contributed by atoms with van der Waals surface area (Å²) in [5.74, 6) is 0.431. The molecule has 0 aromatic heterocycles. The van der Waals surface area contributed by atoms with Crippen LogP contribution in [0.3, 0.4) is 0 Å². The van der Waals surface area contributed by atoms with Crippen LogP contribution in [0, 0.1) is 0 Å². The largest absolute Gasteiger partial charge is 0.507 e. The van der Waals surface area contributed by atoms with Crippen molar-refractivity contribution in [3.63, 3.8) is 0 Å². The maximum absolute atomic E-state index is 10.8. The molecule has 1 aromatic rings. The molecule has 1 N–H and O–H groups in total. The highest BCUT2D eigenvalue weighted by molar-refractivity contribution is 7.97. The van der Waals surface area contributed by atoms with Gasteiger partial charge in [-0.05, 0) is 18.2 Å². The summed E-state index contributed by atoms with van der Waals surface area (Å²) in [6.45, 7) is 0. The van der Waals surface area contributed by atoms with Crippen molar-refractivity contribution in [2.45, 2.75) is 0 Å². The number of ether oxygens (including phenoxy) is 1. The zero-order valence-corrected chi connectivity index (χ0v) is 7.34. The molecule has 0 spiro atoms. The molecule has 12 heavy (non-hydrogen) atoms. The van der Waals surface area contributed by atoms with Gasteiger partial charge in [-0.15, -0.1) is 12.6 Å². The van der Waals surface area contributed by atoms with Crippen molar-refractivity contribution in [3.8, 4) is 11.5 Å². The number of benzene rings is 1. The fraction of sp³-hybridized carbons (Fsp3) is 0.125. The van der Waals surface area contributed by atoms with Gasteiger partial charge in [-0.2, -0.15) is 0 Å². The van der Waals surface area contributed by atoms with Crippen molar-refractivity contribution in [2.24, 2.45) is 0 Å². The molecule has 0 heterocycles. The van der Waals surface area contributed by atoms with Gasteiger partial charge in [0, 0.05) is 0 Å². The Labute approximate surface area is 75.4 Å². The van der Waals surface area contributed by atoms with Crippen LogP contribution in [0.15, 0.2) is 18.2 Å². The van der Waals surface area contributed by atoms with E-state index < -0.39 is 5.12 Å². The number of methoxy groups -OCH3 is 1. The molecule has 0 radical (unpaired) electrons. The second kappa shape index (κ2) is 3.49. The summed E-state index contributed by atoms with van der Waals surface area (Å²) in [7, 11) is 1.49. The molecule has 1 aromatic carbocycles. The van der Waals surface area contributed by atoms with Crippen molar-refractivity contribution >= 4 is 17.7 Å². The number of thiol groups is 1. The molecular formula is C8H8O3S. The zero-order chi connectivity index (χ0) is 9.14. The Morgan fingerprint density at radius 2 is 2.25 bits per heavy atom. The Kier molecular flexibility index (Phi) is 2.60. The Bertz CT molecular complexity index is 309. The van der Waals surface area contributed by atoms with Gasteiger partial charge in [-0.3, -0.25) is 4.79 Å². The van der Waals surface area contributed by atoms with Gasteiger partial charge in [0.1, 0.15) is 11.5 Å². The van der Waals surface area contributed by atoms with Crippen molar-refractivity contribution in [2.75, 3.05) is 7.11 Å². The van der Waals surface area contributed by atoms with E-state index in [0.29, 0.717) is 5.75 Å². The van der Waals surface area contributed by atoms with E-state index in [1.165, 1.54) is 19.2 Å². The summed E-state index contributed by atoms with van der Waals surface area (Å²) in [5, 5.41) is 8.70. The molecule has 0 amide bonds. The predicted molar refractivity (Wildman–Crippen MR) is 48.0 cm³/mol. The van der Waals surface area contributed by atoms with Crippen LogP contribution in [0.4, 0.5) is 0 Å². The maximum atomic E-state index is 10.8. The number of rotatable bonds is 2. The highest BCUT2D eigenvalue weighted by atomic mass is 32.1. The molecule has 64 valence electrons. The molecule has 0 fully saturated rings. The summed E-state index contributed by atoms with van der Waals surface area (Å²) in [5.41, 5.74) is 0.151. The van der Waals surface area contributed by atoms with Crippen LogP contribution in [0.1, 0.15) is 10.4 Å². The average Bonchev–Trinajstić information content (AvgIpc) is 2.05. The van der Waals surface area contributed by atoms with Gasteiger partial charge in [0.2, 0.25) is 5.12 Å². The fourth-order valence-electron chi connectivity index (χ4n) is 0.813. The van der Waals surface area contributed by atoms with Gasteiger partial charge < -0.3 is 9.84 Å². The third-order valence-electron chi connectivity index (χ3n) is 1.43. The lowest BCUT2D eigenvalue weighted by molar-refractivity contribution is 0.108. The van der Waals surface area contributed by atoms with E-state index in [0.717, 1.165) is 0 Å². The highest BCUT2D eigenvalue weighted by Crippen LogP contribution is 2.23. The second-order valence-electron chi connectivity index (χ2n) is 2.19. The van der Waals surface area contributed by atoms with Crippen LogP contribution in [0.2, 0.25) is 0 Å². The molecule has 0 bridgehead atoms. The van der Waals surface area contributed by atoms with Gasteiger partial charge in [0.15, 0.2) is 0 Å². The third-order valence-corrected chi connectivity index (χ3v) is 1.68. The van der Waals surface area contributed by atoms with E-state index >= 15 is 0 Å².